The number of hydrogen-bond acceptors (Lipinski definition) is 4. The first kappa shape index (κ1) is 18.6. The number of rotatable bonds is 2. The van der Waals surface area contributed by atoms with Crippen molar-refractivity contribution < 1.29 is 14.3 Å². The Morgan fingerprint density at radius 3 is 2.81 bits per heavy atom. The first-order valence-electron chi connectivity index (χ1n) is 11.2. The van der Waals surface area contributed by atoms with E-state index in [4.69, 9.17) is 9.73 Å². The predicted octanol–water partition coefficient (Wildman–Crippen LogP) is 5.70. The predicted molar refractivity (Wildman–Crippen MR) is 121 cm³/mol. The molecule has 6 rings (SSSR count). The van der Waals surface area contributed by atoms with Crippen LogP contribution in [0.1, 0.15) is 82.0 Å². The van der Waals surface area contributed by atoms with Gasteiger partial charge in [-0.05, 0) is 24.3 Å². The molecule has 5 heteroatoms. The molecule has 156 valence electrons. The molecule has 0 unspecified atom stereocenters. The highest BCUT2D eigenvalue weighted by atomic mass is 16.5. The number of ketones is 1. The number of aliphatic imine (C=N–C) groups is 1. The lowest BCUT2D eigenvalue weighted by molar-refractivity contribution is 0.0601. The number of aromatic nitrogens is 1. The number of methoxy groups -OCH3 is 1. The van der Waals surface area contributed by atoms with Crippen LogP contribution in [-0.2, 0) is 11.3 Å². The zero-order valence-electron chi connectivity index (χ0n) is 17.6. The fraction of sp³-hybridized carbons (Fsp3) is 0.346. The number of allylic oxidation sites excluding steroid dienone is 3. The van der Waals surface area contributed by atoms with Crippen LogP contribution < -0.4 is 0 Å². The van der Waals surface area contributed by atoms with Crippen molar-refractivity contribution in [3.8, 4) is 11.3 Å². The van der Waals surface area contributed by atoms with Gasteiger partial charge in [0.15, 0.2) is 5.78 Å². The minimum absolute atomic E-state index is 0.0390. The second-order valence-electron chi connectivity index (χ2n) is 8.80. The lowest BCUT2D eigenvalue weighted by atomic mass is 9.81. The van der Waals surface area contributed by atoms with E-state index in [9.17, 15) is 9.59 Å². The highest BCUT2D eigenvalue weighted by Crippen LogP contribution is 2.50. The Morgan fingerprint density at radius 1 is 1.16 bits per heavy atom. The molecule has 31 heavy (non-hydrogen) atoms. The van der Waals surface area contributed by atoms with Gasteiger partial charge in [0.1, 0.15) is 0 Å². The van der Waals surface area contributed by atoms with Gasteiger partial charge in [-0.2, -0.15) is 0 Å². The number of fused-ring (bicyclic) bond motifs is 4. The number of benzene rings is 1. The SMILES string of the molecule is COC(=O)c1c2c(n3c1-c1ccc(C4CCCCC4)c4c1C(=CC3)C=N4)C(=O)CC=C2. The largest absolute Gasteiger partial charge is 0.465 e. The molecule has 0 saturated heterocycles. The van der Waals surface area contributed by atoms with Crippen LogP contribution in [0.5, 0.6) is 0 Å². The number of Topliss-reactive ketones (excluding diaryl/α,β-unsaturated/α-hetero) is 1. The summed E-state index contributed by atoms with van der Waals surface area (Å²) < 4.78 is 7.17. The fourth-order valence-electron chi connectivity index (χ4n) is 5.77. The number of ether oxygens (including phenoxy) is 1. The van der Waals surface area contributed by atoms with Crippen LogP contribution in [-0.4, -0.2) is 29.6 Å². The maximum atomic E-state index is 12.9. The topological polar surface area (TPSA) is 60.7 Å². The fourth-order valence-corrected chi connectivity index (χ4v) is 5.77. The van der Waals surface area contributed by atoms with Crippen LogP contribution in [0.2, 0.25) is 0 Å². The molecule has 1 fully saturated rings. The highest BCUT2D eigenvalue weighted by Gasteiger charge is 2.36. The maximum absolute atomic E-state index is 12.9. The van der Waals surface area contributed by atoms with Crippen molar-refractivity contribution in [3.63, 3.8) is 0 Å². The Kier molecular flexibility index (Phi) is 4.13. The Morgan fingerprint density at radius 2 is 2.00 bits per heavy atom. The molecule has 2 aliphatic carbocycles. The normalized spacial score (nSPS) is 18.9. The van der Waals surface area contributed by atoms with E-state index in [1.54, 1.807) is 0 Å². The molecule has 0 amide bonds. The van der Waals surface area contributed by atoms with Gasteiger partial charge in [0, 0.05) is 41.4 Å². The van der Waals surface area contributed by atoms with Crippen LogP contribution in [0.4, 0.5) is 5.69 Å². The molecule has 5 nitrogen and oxygen atoms in total. The van der Waals surface area contributed by atoms with Crippen LogP contribution >= 0.6 is 0 Å². The van der Waals surface area contributed by atoms with E-state index in [2.05, 4.69) is 18.2 Å². The zero-order chi connectivity index (χ0) is 21.1. The summed E-state index contributed by atoms with van der Waals surface area (Å²) in [5.74, 6) is 0.173. The van der Waals surface area contributed by atoms with Crippen LogP contribution in [0.25, 0.3) is 22.9 Å². The minimum Gasteiger partial charge on any atom is -0.465 e. The second kappa shape index (κ2) is 6.91. The standard InChI is InChI=1S/C26H24N2O3/c1-31-26(30)22-18-8-5-9-20(29)24(18)28-13-12-16-14-27-23-17(15-6-3-2-4-7-15)10-11-19(21(16)23)25(22)28/h5,8,10-12,14-15H,2-4,6-7,9,13H2,1H3. The van der Waals surface area contributed by atoms with Gasteiger partial charge in [0.2, 0.25) is 0 Å². The monoisotopic (exact) mass is 412 g/mol. The third-order valence-corrected chi connectivity index (χ3v) is 7.17. The van der Waals surface area contributed by atoms with Gasteiger partial charge in [-0.25, -0.2) is 4.79 Å². The first-order valence-corrected chi connectivity index (χ1v) is 11.2. The van der Waals surface area contributed by atoms with Gasteiger partial charge in [0.25, 0.3) is 0 Å². The van der Waals surface area contributed by atoms with E-state index in [0.29, 0.717) is 35.7 Å². The summed E-state index contributed by atoms with van der Waals surface area (Å²) in [6.45, 7) is 0.530. The summed E-state index contributed by atoms with van der Waals surface area (Å²) >= 11 is 0. The van der Waals surface area contributed by atoms with Crippen LogP contribution in [0.3, 0.4) is 0 Å². The van der Waals surface area contributed by atoms with Gasteiger partial charge >= 0.3 is 5.97 Å². The summed E-state index contributed by atoms with van der Waals surface area (Å²) in [5.41, 5.74) is 8.05. The van der Waals surface area contributed by atoms with Crippen LogP contribution in [0.15, 0.2) is 29.3 Å². The summed E-state index contributed by atoms with van der Waals surface area (Å²) in [6.07, 6.45) is 14.4. The van der Waals surface area contributed by atoms with E-state index in [-0.39, 0.29) is 5.78 Å². The lowest BCUT2D eigenvalue weighted by Gasteiger charge is -2.24. The van der Waals surface area contributed by atoms with Crippen molar-refractivity contribution >= 4 is 35.3 Å². The Hall–Kier alpha value is -3.21. The number of hydrogen-bond donors (Lipinski definition) is 0. The van der Waals surface area contributed by atoms with E-state index in [1.165, 1.54) is 44.8 Å². The molecule has 4 aliphatic rings. The van der Waals surface area contributed by atoms with Crippen LogP contribution in [0, 0.1) is 0 Å². The molecule has 0 spiro atoms. The second-order valence-corrected chi connectivity index (χ2v) is 8.80. The Balaban J connectivity index is 1.63. The van der Waals surface area contributed by atoms with Gasteiger partial charge in [-0.3, -0.25) is 9.79 Å². The molecule has 1 aromatic heterocycles. The minimum atomic E-state index is -0.406. The molecule has 1 aromatic carbocycles. The van der Waals surface area contributed by atoms with Gasteiger partial charge in [0.05, 0.1) is 29.7 Å². The van der Waals surface area contributed by atoms with E-state index < -0.39 is 5.97 Å². The quantitative estimate of drug-likeness (QED) is 0.594. The smallest absolute Gasteiger partial charge is 0.340 e. The molecular formula is C26H24N2O3. The van der Waals surface area contributed by atoms with Gasteiger partial charge in [-0.15, -0.1) is 0 Å². The third kappa shape index (κ3) is 2.59. The zero-order valence-corrected chi connectivity index (χ0v) is 17.6. The summed E-state index contributed by atoms with van der Waals surface area (Å²) in [4.78, 5) is 30.6. The molecule has 3 heterocycles. The number of carbonyl (C=O) groups is 2. The van der Waals surface area contributed by atoms with Gasteiger partial charge in [-0.1, -0.05) is 49.6 Å². The number of carbonyl (C=O) groups excluding carboxylic acids is 2. The molecule has 0 radical (unpaired) electrons. The van der Waals surface area contributed by atoms with Crippen molar-refractivity contribution in [2.24, 2.45) is 4.99 Å². The average Bonchev–Trinajstić information content (AvgIpc) is 3.33. The summed E-state index contributed by atoms with van der Waals surface area (Å²) in [6, 6.07) is 4.33. The van der Waals surface area contributed by atoms with Crippen molar-refractivity contribution in [1.82, 2.24) is 4.57 Å². The molecular weight excluding hydrogens is 388 g/mol. The summed E-state index contributed by atoms with van der Waals surface area (Å²) in [7, 11) is 1.40. The van der Waals surface area contributed by atoms with Crippen molar-refractivity contribution in [3.05, 3.63) is 52.2 Å². The molecule has 0 atom stereocenters. The van der Waals surface area contributed by atoms with E-state index in [0.717, 1.165) is 28.1 Å². The lowest BCUT2D eigenvalue weighted by Crippen LogP contribution is -2.11. The first-order chi connectivity index (χ1) is 15.2. The van der Waals surface area contributed by atoms with Crippen molar-refractivity contribution in [2.45, 2.75) is 51.0 Å². The average molecular weight is 412 g/mol. The number of nitrogens with zero attached hydrogens (tertiary/aromatic N) is 2. The molecule has 1 saturated carbocycles. The van der Waals surface area contributed by atoms with E-state index >= 15 is 0 Å². The van der Waals surface area contributed by atoms with Crippen molar-refractivity contribution in [2.75, 3.05) is 7.11 Å². The third-order valence-electron chi connectivity index (χ3n) is 7.17. The van der Waals surface area contributed by atoms with E-state index in [1.807, 2.05) is 22.9 Å². The Bertz CT molecular complexity index is 1240. The highest BCUT2D eigenvalue weighted by molar-refractivity contribution is 6.21. The van der Waals surface area contributed by atoms with Gasteiger partial charge < -0.3 is 9.30 Å². The molecule has 0 N–H and O–H groups in total. The molecule has 2 aromatic rings. The molecule has 2 aliphatic heterocycles. The molecule has 0 bridgehead atoms. The Labute approximate surface area is 181 Å². The number of esters is 1. The van der Waals surface area contributed by atoms with Crippen molar-refractivity contribution in [1.29, 1.82) is 0 Å². The summed E-state index contributed by atoms with van der Waals surface area (Å²) in [5, 5.41) is 0. The maximum Gasteiger partial charge on any atom is 0.340 e.